The van der Waals surface area contributed by atoms with E-state index in [9.17, 15) is 19.2 Å². The predicted molar refractivity (Wildman–Crippen MR) is 115 cm³/mol. The van der Waals surface area contributed by atoms with Crippen molar-refractivity contribution in [2.24, 2.45) is 22.9 Å². The van der Waals surface area contributed by atoms with Crippen LogP contribution in [0.5, 0.6) is 0 Å². The highest BCUT2D eigenvalue weighted by atomic mass is 16.2. The van der Waals surface area contributed by atoms with E-state index in [-0.39, 0.29) is 11.8 Å². The molecule has 2 rings (SSSR count). The molecule has 8 N–H and O–H groups in total. The van der Waals surface area contributed by atoms with Gasteiger partial charge in [-0.15, -0.1) is 0 Å². The molecule has 0 aromatic heterocycles. The second-order valence-corrected chi connectivity index (χ2v) is 7.33. The monoisotopic (exact) mass is 412 g/mol. The van der Waals surface area contributed by atoms with Gasteiger partial charge >= 0.3 is 0 Å². The fraction of sp³-hybridized carbons (Fsp3) is 0.273. The van der Waals surface area contributed by atoms with Crippen molar-refractivity contribution in [2.45, 2.75) is 39.5 Å². The summed E-state index contributed by atoms with van der Waals surface area (Å²) in [5.41, 5.74) is 24.1. The molecular formula is C22H28N4O4. The van der Waals surface area contributed by atoms with Gasteiger partial charge in [-0.25, -0.2) is 0 Å². The van der Waals surface area contributed by atoms with Gasteiger partial charge in [0.05, 0.1) is 0 Å². The second-order valence-electron chi connectivity index (χ2n) is 7.33. The van der Waals surface area contributed by atoms with Crippen molar-refractivity contribution in [3.05, 3.63) is 69.8 Å². The first-order chi connectivity index (χ1) is 13.9. The molecule has 0 aliphatic heterocycles. The molecule has 0 unspecified atom stereocenters. The Labute approximate surface area is 175 Å². The smallest absolute Gasteiger partial charge is 0.248 e. The average Bonchev–Trinajstić information content (AvgIpc) is 2.66. The molecular weight excluding hydrogens is 384 g/mol. The Hall–Kier alpha value is -3.68. The lowest BCUT2D eigenvalue weighted by atomic mass is 9.83. The molecule has 0 atom stereocenters. The predicted octanol–water partition coefficient (Wildman–Crippen LogP) is 2.02. The summed E-state index contributed by atoms with van der Waals surface area (Å²) in [4.78, 5) is 44.2. The molecule has 4 amide bonds. The number of hydrogen-bond donors (Lipinski definition) is 4. The van der Waals surface area contributed by atoms with Gasteiger partial charge in [0, 0.05) is 22.3 Å². The molecule has 0 bridgehead atoms. The van der Waals surface area contributed by atoms with Crippen LogP contribution >= 0.6 is 0 Å². The molecule has 0 aliphatic rings. The highest BCUT2D eigenvalue weighted by Crippen LogP contribution is 2.32. The van der Waals surface area contributed by atoms with E-state index >= 15 is 0 Å². The van der Waals surface area contributed by atoms with Gasteiger partial charge in [0.25, 0.3) is 0 Å². The average molecular weight is 412 g/mol. The number of benzene rings is 2. The van der Waals surface area contributed by atoms with E-state index in [1.165, 1.54) is 24.3 Å². The third-order valence-corrected chi connectivity index (χ3v) is 4.43. The van der Waals surface area contributed by atoms with Crippen molar-refractivity contribution in [2.75, 3.05) is 0 Å². The summed E-state index contributed by atoms with van der Waals surface area (Å²) in [5.74, 6) is -1.79. The standard InChI is InChI=1S/C14H20N2O2.C8H8N2O2/c1-7(2)11-9(13(15)17)5-6-10(14(16)18)12(11)8(3)4;9-7(11)5-1-2-6(4-3-5)8(10)12/h5-8H,1-4H3,(H2,15,17)(H2,16,18);1-4H,(H2,9,11)(H2,10,12). The summed E-state index contributed by atoms with van der Waals surface area (Å²) in [7, 11) is 0. The lowest BCUT2D eigenvalue weighted by Gasteiger charge is -2.21. The summed E-state index contributed by atoms with van der Waals surface area (Å²) in [6.07, 6.45) is 0. The lowest BCUT2D eigenvalue weighted by Crippen LogP contribution is -2.21. The Bertz CT molecular complexity index is 886. The molecule has 2 aromatic carbocycles. The lowest BCUT2D eigenvalue weighted by molar-refractivity contribution is 0.0986. The van der Waals surface area contributed by atoms with Gasteiger partial charge in [-0.3, -0.25) is 19.2 Å². The van der Waals surface area contributed by atoms with E-state index in [2.05, 4.69) is 0 Å². The maximum atomic E-state index is 11.5. The minimum Gasteiger partial charge on any atom is -0.366 e. The first-order valence-electron chi connectivity index (χ1n) is 9.34. The molecule has 0 saturated carbocycles. The van der Waals surface area contributed by atoms with E-state index in [1.807, 2.05) is 27.7 Å². The molecule has 8 heteroatoms. The van der Waals surface area contributed by atoms with Crippen LogP contribution in [-0.4, -0.2) is 23.6 Å². The van der Waals surface area contributed by atoms with Crippen molar-refractivity contribution in [1.29, 1.82) is 0 Å². The molecule has 0 heterocycles. The first-order valence-corrected chi connectivity index (χ1v) is 9.34. The SMILES string of the molecule is CC(C)c1c(C(N)=O)ccc(C(N)=O)c1C(C)C.NC(=O)c1ccc(C(N)=O)cc1. The van der Waals surface area contributed by atoms with E-state index in [4.69, 9.17) is 22.9 Å². The van der Waals surface area contributed by atoms with Crippen LogP contribution in [0.15, 0.2) is 36.4 Å². The van der Waals surface area contributed by atoms with Crippen molar-refractivity contribution >= 4 is 23.6 Å². The topological polar surface area (TPSA) is 172 Å². The molecule has 30 heavy (non-hydrogen) atoms. The van der Waals surface area contributed by atoms with Crippen LogP contribution in [0.4, 0.5) is 0 Å². The minimum atomic E-state index is -0.522. The number of amides is 4. The van der Waals surface area contributed by atoms with Crippen molar-refractivity contribution in [3.8, 4) is 0 Å². The Kier molecular flexibility index (Phi) is 8.28. The van der Waals surface area contributed by atoms with E-state index in [0.717, 1.165) is 11.1 Å². The third kappa shape index (κ3) is 5.91. The normalized spacial score (nSPS) is 10.3. The summed E-state index contributed by atoms with van der Waals surface area (Å²) in [6.45, 7) is 7.88. The summed E-state index contributed by atoms with van der Waals surface area (Å²) in [5, 5.41) is 0. The molecule has 0 fully saturated rings. The van der Waals surface area contributed by atoms with E-state index < -0.39 is 23.6 Å². The van der Waals surface area contributed by atoms with Gasteiger partial charge in [0.2, 0.25) is 23.6 Å². The van der Waals surface area contributed by atoms with Gasteiger partial charge in [-0.1, -0.05) is 27.7 Å². The van der Waals surface area contributed by atoms with Crippen LogP contribution in [-0.2, 0) is 0 Å². The molecule has 2 aromatic rings. The van der Waals surface area contributed by atoms with Crippen LogP contribution in [0, 0.1) is 0 Å². The zero-order valence-electron chi connectivity index (χ0n) is 17.6. The van der Waals surface area contributed by atoms with Crippen molar-refractivity contribution < 1.29 is 19.2 Å². The minimum absolute atomic E-state index is 0.101. The summed E-state index contributed by atoms with van der Waals surface area (Å²) >= 11 is 0. The van der Waals surface area contributed by atoms with Crippen molar-refractivity contribution in [3.63, 3.8) is 0 Å². The third-order valence-electron chi connectivity index (χ3n) is 4.43. The number of primary amides is 4. The highest BCUT2D eigenvalue weighted by molar-refractivity contribution is 6.00. The van der Waals surface area contributed by atoms with Crippen LogP contribution < -0.4 is 22.9 Å². The Morgan fingerprint density at radius 1 is 0.533 bits per heavy atom. The maximum absolute atomic E-state index is 11.5. The number of carbonyl (C=O) groups excluding carboxylic acids is 4. The first kappa shape index (κ1) is 24.4. The van der Waals surface area contributed by atoms with Crippen molar-refractivity contribution in [1.82, 2.24) is 0 Å². The molecule has 0 radical (unpaired) electrons. The van der Waals surface area contributed by atoms with Gasteiger partial charge in [0.1, 0.15) is 0 Å². The Morgan fingerprint density at radius 3 is 0.967 bits per heavy atom. The van der Waals surface area contributed by atoms with Crippen LogP contribution in [0.3, 0.4) is 0 Å². The number of hydrogen-bond acceptors (Lipinski definition) is 4. The number of rotatable bonds is 6. The van der Waals surface area contributed by atoms with Gasteiger partial charge in [-0.2, -0.15) is 0 Å². The molecule has 160 valence electrons. The maximum Gasteiger partial charge on any atom is 0.248 e. The van der Waals surface area contributed by atoms with Crippen LogP contribution in [0.25, 0.3) is 0 Å². The molecule has 8 nitrogen and oxygen atoms in total. The van der Waals surface area contributed by atoms with E-state index in [1.54, 1.807) is 12.1 Å². The largest absolute Gasteiger partial charge is 0.366 e. The van der Waals surface area contributed by atoms with Crippen LogP contribution in [0.1, 0.15) is 92.1 Å². The quantitative estimate of drug-likeness (QED) is 0.568. The summed E-state index contributed by atoms with van der Waals surface area (Å²) < 4.78 is 0. The van der Waals surface area contributed by atoms with E-state index in [0.29, 0.717) is 22.3 Å². The fourth-order valence-electron chi connectivity index (χ4n) is 3.11. The van der Waals surface area contributed by atoms with Crippen LogP contribution in [0.2, 0.25) is 0 Å². The highest BCUT2D eigenvalue weighted by Gasteiger charge is 2.22. The zero-order chi connectivity index (χ0) is 23.2. The molecule has 0 saturated heterocycles. The molecule has 0 aliphatic carbocycles. The number of nitrogens with two attached hydrogens (primary N) is 4. The Balaban J connectivity index is 0.000000325. The second kappa shape index (κ2) is 10.2. The van der Waals surface area contributed by atoms with Gasteiger partial charge in [-0.05, 0) is 59.4 Å². The fourth-order valence-corrected chi connectivity index (χ4v) is 3.11. The Morgan fingerprint density at radius 2 is 0.800 bits per heavy atom. The zero-order valence-corrected chi connectivity index (χ0v) is 17.6. The molecule has 0 spiro atoms. The number of carbonyl (C=O) groups is 4. The summed E-state index contributed by atoms with van der Waals surface area (Å²) in [6, 6.07) is 9.02. The van der Waals surface area contributed by atoms with Gasteiger partial charge in [0.15, 0.2) is 0 Å². The van der Waals surface area contributed by atoms with Gasteiger partial charge < -0.3 is 22.9 Å².